The summed E-state index contributed by atoms with van der Waals surface area (Å²) in [6, 6.07) is 32.2. The van der Waals surface area contributed by atoms with Gasteiger partial charge < -0.3 is 55.5 Å². The number of sulfonamides is 1. The van der Waals surface area contributed by atoms with Crippen LogP contribution in [0, 0.1) is 5.41 Å². The SMILES string of the molecule is CC(=O)N1CC2(C1)CN(c1cc(Cl)cc3[nH]ccc13)C2.CNC(=O)CN1CCC(c2cc(Cl)cc3[nH]ccc23)CC1.CS(=O)(=O)NCCN1CCN(c2cc(Cl)cc3[nH]ccc23)CC1.O=C1Nc2ccccc2NC12CCN(c1cc(Cl)cc3[nH]ccc13)CC2. The quantitative estimate of drug-likeness (QED) is 0.0645. The Kier molecular flexibility index (Phi) is 18.6. The van der Waals surface area contributed by atoms with Crippen molar-refractivity contribution in [2.24, 2.45) is 5.41 Å². The highest BCUT2D eigenvalue weighted by Crippen LogP contribution is 2.45. The molecule has 10 heterocycles. The van der Waals surface area contributed by atoms with Gasteiger partial charge in [-0.15, -0.1) is 0 Å². The number of halogens is 4. The van der Waals surface area contributed by atoms with Crippen LogP contribution in [0.2, 0.25) is 20.1 Å². The summed E-state index contributed by atoms with van der Waals surface area (Å²) in [5.74, 6) is 0.853. The van der Waals surface area contributed by atoms with Crippen LogP contribution in [0.5, 0.6) is 0 Å². The molecule has 5 aromatic carbocycles. The number of aromatic amines is 4. The van der Waals surface area contributed by atoms with E-state index in [2.05, 4.69) is 95.4 Å². The number of nitrogens with zero attached hydrogens (tertiary/aromatic N) is 6. The number of fused-ring (bicyclic) bond motifs is 5. The molecule has 24 heteroatoms. The molecular weight excluding hydrogens is 1240 g/mol. The van der Waals surface area contributed by atoms with E-state index in [9.17, 15) is 22.8 Å². The van der Waals surface area contributed by atoms with E-state index in [1.54, 1.807) is 14.0 Å². The van der Waals surface area contributed by atoms with E-state index in [0.29, 0.717) is 24.4 Å². The fourth-order valence-electron chi connectivity index (χ4n) is 13.8. The van der Waals surface area contributed by atoms with Gasteiger partial charge in [-0.2, -0.15) is 0 Å². The molecule has 0 aliphatic carbocycles. The molecule has 8 N–H and O–H groups in total. The summed E-state index contributed by atoms with van der Waals surface area (Å²) < 4.78 is 24.7. The molecule has 19 nitrogen and oxygen atoms in total. The number of rotatable bonds is 10. The zero-order valence-electron chi connectivity index (χ0n) is 50.7. The predicted molar refractivity (Wildman–Crippen MR) is 367 cm³/mol. The number of carbonyl (C=O) groups is 3. The van der Waals surface area contributed by atoms with Crippen molar-refractivity contribution in [1.29, 1.82) is 0 Å². The van der Waals surface area contributed by atoms with Crippen molar-refractivity contribution in [2.45, 2.75) is 44.1 Å². The van der Waals surface area contributed by atoms with Crippen LogP contribution in [0.4, 0.5) is 28.4 Å². The fraction of sp³-hybridized carbons (Fsp3) is 0.379. The lowest BCUT2D eigenvalue weighted by Gasteiger charge is -2.60. The Morgan fingerprint density at radius 3 is 1.58 bits per heavy atom. The molecule has 5 saturated heterocycles. The Labute approximate surface area is 544 Å². The van der Waals surface area contributed by atoms with Gasteiger partial charge in [0.05, 0.1) is 24.2 Å². The topological polar surface area (TPSA) is 216 Å². The molecule has 90 heavy (non-hydrogen) atoms. The second-order valence-electron chi connectivity index (χ2n) is 24.7. The van der Waals surface area contributed by atoms with Gasteiger partial charge >= 0.3 is 0 Å². The lowest BCUT2D eigenvalue weighted by Crippen LogP contribution is -2.72. The third kappa shape index (κ3) is 14.0. The highest BCUT2D eigenvalue weighted by molar-refractivity contribution is 7.88. The highest BCUT2D eigenvalue weighted by atomic mass is 35.5. The Morgan fingerprint density at radius 1 is 0.589 bits per heavy atom. The maximum atomic E-state index is 12.8. The Balaban J connectivity index is 0.000000117. The number of likely N-dealkylation sites (N-methyl/N-ethyl adjacent to an activating group) is 1. The fourth-order valence-corrected chi connectivity index (χ4v) is 15.1. The van der Waals surface area contributed by atoms with Gasteiger partial charge in [0.2, 0.25) is 27.7 Å². The average molecular weight is 1320 g/mol. The summed E-state index contributed by atoms with van der Waals surface area (Å²) >= 11 is 24.9. The molecule has 0 bridgehead atoms. The molecule has 6 aliphatic rings. The molecule has 4 aromatic heterocycles. The van der Waals surface area contributed by atoms with Crippen LogP contribution >= 0.6 is 46.4 Å². The van der Waals surface area contributed by atoms with E-state index in [1.807, 2.05) is 96.4 Å². The number of carbonyl (C=O) groups excluding carboxylic acids is 3. The normalized spacial score (nSPS) is 18.2. The zero-order valence-corrected chi connectivity index (χ0v) is 54.5. The second-order valence-corrected chi connectivity index (χ2v) is 28.2. The van der Waals surface area contributed by atoms with Gasteiger partial charge in [-0.3, -0.25) is 24.2 Å². The maximum Gasteiger partial charge on any atom is 0.250 e. The summed E-state index contributed by atoms with van der Waals surface area (Å²) in [5.41, 5.74) is 10.7. The molecule has 5 fully saturated rings. The molecular formula is C66H76Cl4N14O5S. The van der Waals surface area contributed by atoms with Crippen molar-refractivity contribution in [3.8, 4) is 0 Å². The minimum Gasteiger partial charge on any atom is -0.371 e. The van der Waals surface area contributed by atoms with Crippen molar-refractivity contribution in [3.05, 3.63) is 148 Å². The lowest BCUT2D eigenvalue weighted by molar-refractivity contribution is -0.142. The molecule has 9 aromatic rings. The number of piperidine rings is 2. The molecule has 0 atom stereocenters. The molecule has 3 amide bonds. The summed E-state index contributed by atoms with van der Waals surface area (Å²) in [6.45, 7) is 14.3. The largest absolute Gasteiger partial charge is 0.371 e. The number of H-pyrrole nitrogens is 4. The van der Waals surface area contributed by atoms with Crippen molar-refractivity contribution in [1.82, 2.24) is 44.7 Å². The molecule has 0 radical (unpaired) electrons. The molecule has 6 aliphatic heterocycles. The van der Waals surface area contributed by atoms with Gasteiger partial charge in [0.25, 0.3) is 0 Å². The first kappa shape index (κ1) is 63.0. The minimum absolute atomic E-state index is 0.0636. The number of amides is 3. The smallest absolute Gasteiger partial charge is 0.250 e. The number of para-hydroxylation sites is 2. The number of nitrogens with one attached hydrogen (secondary N) is 8. The van der Waals surface area contributed by atoms with Crippen LogP contribution in [0.3, 0.4) is 0 Å². The van der Waals surface area contributed by atoms with Crippen molar-refractivity contribution in [3.63, 3.8) is 0 Å². The van der Waals surface area contributed by atoms with Crippen LogP contribution in [0.25, 0.3) is 43.6 Å². The van der Waals surface area contributed by atoms with Gasteiger partial charge in [-0.05, 0) is 135 Å². The van der Waals surface area contributed by atoms with Gasteiger partial charge in [0.1, 0.15) is 5.54 Å². The number of aromatic nitrogens is 4. The van der Waals surface area contributed by atoms with Crippen molar-refractivity contribution in [2.75, 3.05) is 137 Å². The number of piperazine rings is 1. The van der Waals surface area contributed by atoms with Crippen LogP contribution in [-0.2, 0) is 24.4 Å². The zero-order chi connectivity index (χ0) is 62.9. The van der Waals surface area contributed by atoms with Gasteiger partial charge in [0, 0.05) is 203 Å². The standard InChI is InChI=1S/C20H19ClN4O.C16H20ClN3O.C15H21ClN4O2S.C15H16ClN3O/c21-13-11-17-14(5-8-22-17)18(12-13)25-9-6-20(7-10-25)19(26)23-15-3-1-2-4-16(15)24-20;1-18-16(21)10-20-6-3-11(4-7-20)14-8-12(17)9-15-13(14)2-5-19-15;1-23(21,22)18-4-5-19-6-8-20(9-7-19)15-11-12(16)10-14-13(15)2-3-17-14;1-10(20)18-6-15(7-18)8-19(9-15)14-5-11(16)4-13-12(14)2-3-17-13/h1-5,8,11-12,22,24H,6-7,9-10H2,(H,23,26);2,5,8-9,11,19H,3-4,6-7,10H2,1H3,(H,18,21);2-3,10-11,17-18H,4-9H2,1H3;2-5,17H,6-9H2,1H3. The molecule has 2 spiro atoms. The first-order valence-corrected chi connectivity index (χ1v) is 34.1. The molecule has 474 valence electrons. The van der Waals surface area contributed by atoms with Crippen molar-refractivity contribution < 1.29 is 22.8 Å². The Hall–Kier alpha value is -7.14. The number of hydrogen-bond donors (Lipinski definition) is 8. The van der Waals surface area contributed by atoms with E-state index in [0.717, 1.165) is 181 Å². The van der Waals surface area contributed by atoms with Gasteiger partial charge in [-0.25, -0.2) is 13.1 Å². The first-order chi connectivity index (χ1) is 43.3. The molecule has 0 unspecified atom stereocenters. The van der Waals surface area contributed by atoms with Crippen LogP contribution in [0.15, 0.2) is 122 Å². The van der Waals surface area contributed by atoms with Crippen LogP contribution < -0.4 is 35.4 Å². The maximum absolute atomic E-state index is 12.8. The van der Waals surface area contributed by atoms with Crippen LogP contribution in [-0.4, -0.2) is 178 Å². The Bertz CT molecular complexity index is 4190. The minimum atomic E-state index is -3.11. The summed E-state index contributed by atoms with van der Waals surface area (Å²) in [4.78, 5) is 61.8. The van der Waals surface area contributed by atoms with Gasteiger partial charge in [-0.1, -0.05) is 58.5 Å². The second kappa shape index (κ2) is 26.6. The Morgan fingerprint density at radius 2 is 1.07 bits per heavy atom. The van der Waals surface area contributed by atoms with E-state index in [1.165, 1.54) is 33.7 Å². The third-order valence-electron chi connectivity index (χ3n) is 18.5. The average Bonchev–Trinajstić information content (AvgIpc) is 1.67. The monoisotopic (exact) mass is 1320 g/mol. The summed E-state index contributed by atoms with van der Waals surface area (Å²) in [5, 5.41) is 17.1. The number of likely N-dealkylation sites (tertiary alicyclic amines) is 2. The molecule has 15 rings (SSSR count). The number of hydrogen-bond acceptors (Lipinski definition) is 11. The van der Waals surface area contributed by atoms with Gasteiger partial charge in [0.15, 0.2) is 0 Å². The first-order valence-electron chi connectivity index (χ1n) is 30.7. The highest BCUT2D eigenvalue weighted by Gasteiger charge is 2.53. The van der Waals surface area contributed by atoms with E-state index in [4.69, 9.17) is 46.4 Å². The van der Waals surface area contributed by atoms with E-state index >= 15 is 0 Å². The van der Waals surface area contributed by atoms with E-state index < -0.39 is 15.6 Å². The van der Waals surface area contributed by atoms with E-state index in [-0.39, 0.29) is 17.7 Å². The van der Waals surface area contributed by atoms with Crippen molar-refractivity contribution >= 4 is 146 Å². The number of anilines is 5. The number of benzene rings is 5. The molecule has 0 saturated carbocycles. The van der Waals surface area contributed by atoms with Crippen LogP contribution in [0.1, 0.15) is 44.1 Å². The lowest BCUT2D eigenvalue weighted by atomic mass is 9.72. The summed E-state index contributed by atoms with van der Waals surface area (Å²) in [6.07, 6.45) is 12.6. The summed E-state index contributed by atoms with van der Waals surface area (Å²) in [7, 11) is -1.42. The third-order valence-corrected chi connectivity index (χ3v) is 20.1. The predicted octanol–water partition coefficient (Wildman–Crippen LogP) is 11.0.